The fourth-order valence-electron chi connectivity index (χ4n) is 3.20. The highest BCUT2D eigenvalue weighted by Crippen LogP contribution is 2.35. The lowest BCUT2D eigenvalue weighted by Gasteiger charge is -2.33. The van der Waals surface area contributed by atoms with Gasteiger partial charge in [-0.25, -0.2) is 4.39 Å². The average molecular weight is 296 g/mol. The van der Waals surface area contributed by atoms with Crippen molar-refractivity contribution in [2.24, 2.45) is 5.92 Å². The highest BCUT2D eigenvalue weighted by molar-refractivity contribution is 5.31. The number of rotatable bonds is 6. The minimum atomic E-state index is -0.798. The molecule has 1 aromatic carbocycles. The van der Waals surface area contributed by atoms with Crippen LogP contribution in [0.1, 0.15) is 50.7 Å². The predicted molar refractivity (Wildman–Crippen MR) is 79.9 cm³/mol. The van der Waals surface area contributed by atoms with Crippen molar-refractivity contribution in [2.45, 2.75) is 51.2 Å². The Balaban J connectivity index is 2.16. The van der Waals surface area contributed by atoms with Gasteiger partial charge in [0, 0.05) is 6.61 Å². The van der Waals surface area contributed by atoms with Gasteiger partial charge < -0.3 is 14.6 Å². The van der Waals surface area contributed by atoms with Crippen LogP contribution in [0.4, 0.5) is 4.39 Å². The van der Waals surface area contributed by atoms with Gasteiger partial charge in [0.2, 0.25) is 0 Å². The Morgan fingerprint density at radius 1 is 1.29 bits per heavy atom. The maximum absolute atomic E-state index is 13.8. The Labute approximate surface area is 126 Å². The summed E-state index contributed by atoms with van der Waals surface area (Å²) in [6.07, 6.45) is 4.69. The van der Waals surface area contributed by atoms with Crippen LogP contribution in [-0.2, 0) is 4.74 Å². The topological polar surface area (TPSA) is 38.7 Å². The van der Waals surface area contributed by atoms with Crippen molar-refractivity contribution in [1.82, 2.24) is 0 Å². The molecule has 0 heterocycles. The van der Waals surface area contributed by atoms with Crippen molar-refractivity contribution >= 4 is 0 Å². The van der Waals surface area contributed by atoms with Crippen molar-refractivity contribution in [3.63, 3.8) is 0 Å². The number of aliphatic hydroxyl groups excluding tert-OH is 1. The molecule has 1 aliphatic carbocycles. The maximum atomic E-state index is 13.8. The zero-order valence-corrected chi connectivity index (χ0v) is 12.8. The Morgan fingerprint density at radius 3 is 2.57 bits per heavy atom. The molecular weight excluding hydrogens is 271 g/mol. The van der Waals surface area contributed by atoms with Crippen molar-refractivity contribution in [2.75, 3.05) is 13.7 Å². The van der Waals surface area contributed by atoms with E-state index in [9.17, 15) is 9.50 Å². The Kier molecular flexibility index (Phi) is 6.00. The third kappa shape index (κ3) is 3.95. The molecule has 0 aromatic heterocycles. The van der Waals surface area contributed by atoms with Crippen LogP contribution >= 0.6 is 0 Å². The largest absolute Gasteiger partial charge is 0.494 e. The molecule has 0 amide bonds. The summed E-state index contributed by atoms with van der Waals surface area (Å²) in [5.74, 6) is 0.0865. The second kappa shape index (κ2) is 7.76. The normalized spacial score (nSPS) is 19.2. The predicted octanol–water partition coefficient (Wildman–Crippen LogP) is 3.85. The molecule has 21 heavy (non-hydrogen) atoms. The zero-order chi connectivity index (χ0) is 15.2. The van der Waals surface area contributed by atoms with Crippen molar-refractivity contribution < 1.29 is 19.0 Å². The van der Waals surface area contributed by atoms with Crippen LogP contribution in [0.2, 0.25) is 0 Å². The quantitative estimate of drug-likeness (QED) is 0.866. The first-order chi connectivity index (χ1) is 10.2. The van der Waals surface area contributed by atoms with Gasteiger partial charge in [-0.1, -0.05) is 25.3 Å². The molecule has 0 radical (unpaired) electrons. The molecule has 1 aliphatic rings. The van der Waals surface area contributed by atoms with Gasteiger partial charge in [-0.3, -0.25) is 0 Å². The summed E-state index contributed by atoms with van der Waals surface area (Å²) in [4.78, 5) is 0. The molecule has 4 heteroatoms. The van der Waals surface area contributed by atoms with Crippen LogP contribution in [0.5, 0.6) is 5.75 Å². The number of hydrogen-bond donors (Lipinski definition) is 1. The molecule has 1 aromatic rings. The summed E-state index contributed by atoms with van der Waals surface area (Å²) in [6.45, 7) is 2.48. The lowest BCUT2D eigenvalue weighted by atomic mass is 9.82. The Bertz CT molecular complexity index is 444. The molecule has 2 atom stereocenters. The van der Waals surface area contributed by atoms with E-state index in [1.54, 1.807) is 12.1 Å². The van der Waals surface area contributed by atoms with Crippen LogP contribution in [0.3, 0.4) is 0 Å². The van der Waals surface area contributed by atoms with E-state index < -0.39 is 11.9 Å². The Morgan fingerprint density at radius 2 is 2.00 bits per heavy atom. The molecule has 0 bridgehead atoms. The van der Waals surface area contributed by atoms with E-state index in [0.29, 0.717) is 18.1 Å². The van der Waals surface area contributed by atoms with E-state index in [1.807, 2.05) is 6.92 Å². The van der Waals surface area contributed by atoms with E-state index in [1.165, 1.54) is 32.4 Å². The summed E-state index contributed by atoms with van der Waals surface area (Å²) in [6, 6.07) is 4.61. The first-order valence-corrected chi connectivity index (χ1v) is 7.80. The van der Waals surface area contributed by atoms with Crippen LogP contribution in [-0.4, -0.2) is 24.9 Å². The number of aliphatic hydroxyl groups is 1. The highest BCUT2D eigenvalue weighted by Gasteiger charge is 2.31. The number of benzene rings is 1. The van der Waals surface area contributed by atoms with Crippen LogP contribution in [0.25, 0.3) is 0 Å². The van der Waals surface area contributed by atoms with Crippen LogP contribution < -0.4 is 4.74 Å². The molecule has 0 aliphatic heterocycles. The van der Waals surface area contributed by atoms with Gasteiger partial charge in [-0.2, -0.15) is 0 Å². The van der Waals surface area contributed by atoms with Crippen molar-refractivity contribution in [3.05, 3.63) is 29.6 Å². The van der Waals surface area contributed by atoms with E-state index >= 15 is 0 Å². The van der Waals surface area contributed by atoms with E-state index in [4.69, 9.17) is 9.47 Å². The standard InChI is InChI=1S/C17H25FO3/c1-3-21-17(12-7-5-4-6-8-12)16(19)13-9-10-15(20-2)14(18)11-13/h9-12,16-17,19H,3-8H2,1-2H3. The zero-order valence-electron chi connectivity index (χ0n) is 12.8. The number of halogens is 1. The van der Waals surface area contributed by atoms with Crippen molar-refractivity contribution in [3.8, 4) is 5.75 Å². The summed E-state index contributed by atoms with van der Waals surface area (Å²) >= 11 is 0. The second-order valence-electron chi connectivity index (χ2n) is 5.66. The van der Waals surface area contributed by atoms with Gasteiger partial charge in [-0.05, 0) is 43.4 Å². The molecule has 118 valence electrons. The molecule has 0 spiro atoms. The third-order valence-electron chi connectivity index (χ3n) is 4.30. The second-order valence-corrected chi connectivity index (χ2v) is 5.66. The molecule has 2 unspecified atom stereocenters. The lowest BCUT2D eigenvalue weighted by Crippen LogP contribution is -2.32. The summed E-state index contributed by atoms with van der Waals surface area (Å²) in [5.41, 5.74) is 0.553. The molecule has 0 saturated heterocycles. The van der Waals surface area contributed by atoms with Gasteiger partial charge >= 0.3 is 0 Å². The van der Waals surface area contributed by atoms with Crippen LogP contribution in [0.15, 0.2) is 18.2 Å². The van der Waals surface area contributed by atoms with E-state index in [2.05, 4.69) is 0 Å². The highest BCUT2D eigenvalue weighted by atomic mass is 19.1. The number of hydrogen-bond acceptors (Lipinski definition) is 3. The summed E-state index contributed by atoms with van der Waals surface area (Å²) < 4.78 is 24.5. The Hall–Kier alpha value is -1.13. The van der Waals surface area contributed by atoms with Gasteiger partial charge in [-0.15, -0.1) is 0 Å². The molecule has 1 N–H and O–H groups in total. The maximum Gasteiger partial charge on any atom is 0.165 e. The average Bonchev–Trinajstić information content (AvgIpc) is 2.52. The van der Waals surface area contributed by atoms with Gasteiger partial charge in [0.1, 0.15) is 6.10 Å². The molecule has 2 rings (SSSR count). The summed E-state index contributed by atoms with van der Waals surface area (Å²) in [7, 11) is 1.43. The fourth-order valence-corrected chi connectivity index (χ4v) is 3.20. The van der Waals surface area contributed by atoms with Crippen molar-refractivity contribution in [1.29, 1.82) is 0 Å². The van der Waals surface area contributed by atoms with Gasteiger partial charge in [0.05, 0.1) is 13.2 Å². The first-order valence-electron chi connectivity index (χ1n) is 7.80. The minimum absolute atomic E-state index is 0.191. The molecule has 1 saturated carbocycles. The number of methoxy groups -OCH3 is 1. The monoisotopic (exact) mass is 296 g/mol. The lowest BCUT2D eigenvalue weighted by molar-refractivity contribution is -0.0740. The smallest absolute Gasteiger partial charge is 0.165 e. The van der Waals surface area contributed by atoms with Gasteiger partial charge in [0.15, 0.2) is 11.6 Å². The molecular formula is C17H25FO3. The molecule has 3 nitrogen and oxygen atoms in total. The third-order valence-corrected chi connectivity index (χ3v) is 4.30. The minimum Gasteiger partial charge on any atom is -0.494 e. The first kappa shape index (κ1) is 16.2. The van der Waals surface area contributed by atoms with Gasteiger partial charge in [0.25, 0.3) is 0 Å². The van der Waals surface area contributed by atoms with Crippen LogP contribution in [0, 0.1) is 11.7 Å². The van der Waals surface area contributed by atoms with E-state index in [-0.39, 0.29) is 11.9 Å². The fraction of sp³-hybridized carbons (Fsp3) is 0.647. The van der Waals surface area contributed by atoms with E-state index in [0.717, 1.165) is 12.8 Å². The summed E-state index contributed by atoms with van der Waals surface area (Å²) in [5, 5.41) is 10.6. The number of ether oxygens (including phenoxy) is 2. The SMILES string of the molecule is CCOC(C1CCCCC1)C(O)c1ccc(OC)c(F)c1. The molecule has 1 fully saturated rings.